The number of esters is 1. The molecule has 2 heterocycles. The minimum atomic E-state index is -0.416. The van der Waals surface area contributed by atoms with Crippen LogP contribution in [-0.4, -0.2) is 23.6 Å². The molecule has 5 rings (SSSR count). The summed E-state index contributed by atoms with van der Waals surface area (Å²) in [6.07, 6.45) is 2.16. The highest BCUT2D eigenvalue weighted by Gasteiger charge is 2.27. The Bertz CT molecular complexity index is 1490. The van der Waals surface area contributed by atoms with E-state index in [0.29, 0.717) is 11.3 Å². The second-order valence-corrected chi connectivity index (χ2v) is 10.0. The number of anilines is 1. The van der Waals surface area contributed by atoms with E-state index in [9.17, 15) is 9.18 Å². The molecule has 0 amide bonds. The van der Waals surface area contributed by atoms with Gasteiger partial charge >= 0.3 is 5.97 Å². The summed E-state index contributed by atoms with van der Waals surface area (Å²) in [5, 5.41) is 3.55. The van der Waals surface area contributed by atoms with Crippen molar-refractivity contribution in [1.82, 2.24) is 4.98 Å². The van der Waals surface area contributed by atoms with E-state index in [-0.39, 0.29) is 18.0 Å². The van der Waals surface area contributed by atoms with Gasteiger partial charge in [0.25, 0.3) is 0 Å². The van der Waals surface area contributed by atoms with Crippen molar-refractivity contribution in [1.29, 1.82) is 0 Å². The molecular formula is C28H25FN2O3S. The van der Waals surface area contributed by atoms with Crippen molar-refractivity contribution < 1.29 is 18.7 Å². The van der Waals surface area contributed by atoms with Crippen LogP contribution in [0.1, 0.15) is 42.3 Å². The third kappa shape index (κ3) is 4.39. The molecule has 1 aromatic heterocycles. The number of carbonyl (C=O) groups excluding carboxylic acids is 1. The number of ether oxygens (including phenoxy) is 2. The number of allylic oxidation sites excluding steroid dienone is 1. The zero-order valence-corrected chi connectivity index (χ0v) is 20.8. The molecule has 1 aliphatic rings. The maximum atomic E-state index is 13.9. The van der Waals surface area contributed by atoms with Crippen LogP contribution in [0.4, 0.5) is 10.1 Å². The topological polar surface area (TPSA) is 60.5 Å². The van der Waals surface area contributed by atoms with Crippen LogP contribution in [-0.2, 0) is 11.3 Å². The SMILES string of the molecule is COc1cc(F)ccc1-c1ccc2c(c1COC(=O)c1ccc3ncsc3c1)C(C)=CC(C)(C)N2. The van der Waals surface area contributed by atoms with Crippen molar-refractivity contribution >= 4 is 38.8 Å². The molecule has 0 aliphatic carbocycles. The number of carbonyl (C=O) groups is 1. The maximum Gasteiger partial charge on any atom is 0.338 e. The van der Waals surface area contributed by atoms with E-state index in [4.69, 9.17) is 9.47 Å². The van der Waals surface area contributed by atoms with Gasteiger partial charge in [-0.2, -0.15) is 0 Å². The molecule has 0 unspecified atom stereocenters. The first-order valence-electron chi connectivity index (χ1n) is 11.2. The van der Waals surface area contributed by atoms with Crippen LogP contribution in [0.2, 0.25) is 0 Å². The van der Waals surface area contributed by atoms with Crippen molar-refractivity contribution in [2.45, 2.75) is 32.9 Å². The van der Waals surface area contributed by atoms with Crippen LogP contribution >= 0.6 is 11.3 Å². The molecule has 0 radical (unpaired) electrons. The van der Waals surface area contributed by atoms with E-state index in [2.05, 4.69) is 37.1 Å². The first-order chi connectivity index (χ1) is 16.8. The molecular weight excluding hydrogens is 463 g/mol. The summed E-state index contributed by atoms with van der Waals surface area (Å²) >= 11 is 1.48. The van der Waals surface area contributed by atoms with Gasteiger partial charge in [-0.05, 0) is 68.3 Å². The standard InChI is InChI=1S/C28H25FN2O3S/c1-16-13-28(2,3)31-23-10-8-19(20-7-6-18(29)12-24(20)33-4)21(26(16)23)14-34-27(32)17-5-9-22-25(11-17)35-15-30-22/h5-13,15,31H,14H2,1-4H3. The highest BCUT2D eigenvalue weighted by molar-refractivity contribution is 7.16. The Kier molecular flexibility index (Phi) is 5.81. The summed E-state index contributed by atoms with van der Waals surface area (Å²) in [5.41, 5.74) is 8.23. The van der Waals surface area contributed by atoms with Gasteiger partial charge in [-0.1, -0.05) is 12.1 Å². The fraction of sp³-hybridized carbons (Fsp3) is 0.214. The number of halogens is 1. The number of methoxy groups -OCH3 is 1. The summed E-state index contributed by atoms with van der Waals surface area (Å²) in [5.74, 6) is -0.381. The van der Waals surface area contributed by atoms with Crippen LogP contribution in [0, 0.1) is 5.82 Å². The minimum Gasteiger partial charge on any atom is -0.496 e. The molecule has 0 saturated carbocycles. The van der Waals surface area contributed by atoms with Crippen molar-refractivity contribution in [3.63, 3.8) is 0 Å². The van der Waals surface area contributed by atoms with Crippen molar-refractivity contribution in [3.05, 3.63) is 82.6 Å². The van der Waals surface area contributed by atoms with Crippen LogP contribution in [0.3, 0.4) is 0 Å². The van der Waals surface area contributed by atoms with E-state index in [0.717, 1.165) is 43.7 Å². The number of rotatable bonds is 5. The largest absolute Gasteiger partial charge is 0.496 e. The monoisotopic (exact) mass is 488 g/mol. The third-order valence-electron chi connectivity index (χ3n) is 6.11. The Morgan fingerprint density at radius 2 is 1.91 bits per heavy atom. The number of hydrogen-bond donors (Lipinski definition) is 1. The summed E-state index contributed by atoms with van der Waals surface area (Å²) in [6, 6.07) is 13.8. The number of hydrogen-bond acceptors (Lipinski definition) is 6. The molecule has 0 bridgehead atoms. The molecule has 3 aromatic carbocycles. The molecule has 0 fully saturated rings. The Balaban J connectivity index is 1.58. The second-order valence-electron chi connectivity index (χ2n) is 9.14. The fourth-order valence-electron chi connectivity index (χ4n) is 4.69. The predicted octanol–water partition coefficient (Wildman–Crippen LogP) is 7.08. The van der Waals surface area contributed by atoms with Crippen LogP contribution in [0.15, 0.2) is 60.1 Å². The lowest BCUT2D eigenvalue weighted by molar-refractivity contribution is 0.0473. The van der Waals surface area contributed by atoms with Gasteiger partial charge in [-0.25, -0.2) is 14.2 Å². The number of fused-ring (bicyclic) bond motifs is 2. The average molecular weight is 489 g/mol. The number of nitrogens with zero attached hydrogens (tertiary/aromatic N) is 1. The van der Waals surface area contributed by atoms with Crippen molar-refractivity contribution in [2.75, 3.05) is 12.4 Å². The first-order valence-corrected chi connectivity index (χ1v) is 12.1. The number of nitrogens with one attached hydrogen (secondary N) is 1. The van der Waals surface area contributed by atoms with Crippen molar-refractivity contribution in [3.8, 4) is 16.9 Å². The maximum absolute atomic E-state index is 13.9. The average Bonchev–Trinajstić information content (AvgIpc) is 3.29. The highest BCUT2D eigenvalue weighted by atomic mass is 32.1. The summed E-state index contributed by atoms with van der Waals surface area (Å²) in [4.78, 5) is 17.3. The highest BCUT2D eigenvalue weighted by Crippen LogP contribution is 2.42. The Hall–Kier alpha value is -3.71. The van der Waals surface area contributed by atoms with Gasteiger partial charge in [0.15, 0.2) is 0 Å². The molecule has 4 aromatic rings. The summed E-state index contributed by atoms with van der Waals surface area (Å²) < 4.78 is 26.2. The van der Waals surface area contributed by atoms with E-state index >= 15 is 0 Å². The molecule has 7 heteroatoms. The Labute approximate surface area is 207 Å². The molecule has 0 spiro atoms. The first kappa shape index (κ1) is 23.1. The van der Waals surface area contributed by atoms with Crippen molar-refractivity contribution in [2.24, 2.45) is 0 Å². The molecule has 178 valence electrons. The second kappa shape index (κ2) is 8.82. The van der Waals surface area contributed by atoms with Crippen LogP contribution < -0.4 is 10.1 Å². The molecule has 5 nitrogen and oxygen atoms in total. The lowest BCUT2D eigenvalue weighted by Crippen LogP contribution is -2.32. The number of benzene rings is 3. The molecule has 1 N–H and O–H groups in total. The van der Waals surface area contributed by atoms with Gasteiger partial charge < -0.3 is 14.8 Å². The van der Waals surface area contributed by atoms with Gasteiger partial charge in [-0.3, -0.25) is 0 Å². The van der Waals surface area contributed by atoms with Crippen LogP contribution in [0.25, 0.3) is 26.9 Å². The summed E-state index contributed by atoms with van der Waals surface area (Å²) in [7, 11) is 1.52. The Morgan fingerprint density at radius 1 is 1.11 bits per heavy atom. The van der Waals surface area contributed by atoms with Gasteiger partial charge in [0.1, 0.15) is 18.2 Å². The van der Waals surface area contributed by atoms with E-state index in [1.165, 1.54) is 30.6 Å². The van der Waals surface area contributed by atoms with E-state index in [1.807, 2.05) is 18.2 Å². The lowest BCUT2D eigenvalue weighted by Gasteiger charge is -2.33. The molecule has 0 saturated heterocycles. The van der Waals surface area contributed by atoms with E-state index in [1.54, 1.807) is 23.7 Å². The smallest absolute Gasteiger partial charge is 0.338 e. The molecule has 35 heavy (non-hydrogen) atoms. The number of aromatic nitrogens is 1. The third-order valence-corrected chi connectivity index (χ3v) is 6.90. The zero-order valence-electron chi connectivity index (χ0n) is 19.9. The minimum absolute atomic E-state index is 0.0475. The van der Waals surface area contributed by atoms with Crippen LogP contribution in [0.5, 0.6) is 5.75 Å². The fourth-order valence-corrected chi connectivity index (χ4v) is 5.41. The number of thiazole rings is 1. The van der Waals surface area contributed by atoms with Gasteiger partial charge in [0.05, 0.1) is 33.9 Å². The summed E-state index contributed by atoms with van der Waals surface area (Å²) in [6.45, 7) is 6.30. The molecule has 0 atom stereocenters. The normalized spacial score (nSPS) is 14.1. The van der Waals surface area contributed by atoms with Gasteiger partial charge in [-0.15, -0.1) is 11.3 Å². The predicted molar refractivity (Wildman–Crippen MR) is 138 cm³/mol. The Morgan fingerprint density at radius 3 is 2.71 bits per heavy atom. The quantitative estimate of drug-likeness (QED) is 0.304. The lowest BCUT2D eigenvalue weighted by atomic mass is 9.85. The zero-order chi connectivity index (χ0) is 24.7. The van der Waals surface area contributed by atoms with Gasteiger partial charge in [0, 0.05) is 28.4 Å². The molecule has 1 aliphatic heterocycles. The van der Waals surface area contributed by atoms with E-state index < -0.39 is 5.97 Å². The van der Waals surface area contributed by atoms with Gasteiger partial charge in [0.2, 0.25) is 0 Å².